The van der Waals surface area contributed by atoms with Crippen LogP contribution in [0.3, 0.4) is 0 Å². The summed E-state index contributed by atoms with van der Waals surface area (Å²) >= 11 is 0. The summed E-state index contributed by atoms with van der Waals surface area (Å²) in [6.45, 7) is 1.78. The van der Waals surface area contributed by atoms with E-state index in [9.17, 15) is 19.8 Å². The van der Waals surface area contributed by atoms with Crippen LogP contribution in [0.4, 0.5) is 11.4 Å². The minimum atomic E-state index is -1.16. The molecule has 1 aromatic heterocycles. The van der Waals surface area contributed by atoms with Crippen LogP contribution in [0, 0.1) is 0 Å². The summed E-state index contributed by atoms with van der Waals surface area (Å²) in [7, 11) is 0. The van der Waals surface area contributed by atoms with Crippen LogP contribution in [0.25, 0.3) is 10.9 Å². The minimum Gasteiger partial charge on any atom is -0.490 e. The summed E-state index contributed by atoms with van der Waals surface area (Å²) in [4.78, 5) is 27.7. The Labute approximate surface area is 172 Å². The van der Waals surface area contributed by atoms with Gasteiger partial charge in [-0.25, -0.2) is 9.59 Å². The lowest BCUT2D eigenvalue weighted by Crippen LogP contribution is -2.34. The number of nitrogens with one attached hydrogen (secondary N) is 2. The summed E-state index contributed by atoms with van der Waals surface area (Å²) in [6, 6.07) is 11.7. The molecule has 1 aliphatic rings. The molecule has 8 heteroatoms. The van der Waals surface area contributed by atoms with Gasteiger partial charge in [0, 0.05) is 11.6 Å². The van der Waals surface area contributed by atoms with Crippen molar-refractivity contribution in [1.29, 1.82) is 0 Å². The molecule has 0 amide bonds. The molecule has 1 saturated heterocycles. The highest BCUT2D eigenvalue weighted by Crippen LogP contribution is 2.33. The third-order valence-corrected chi connectivity index (χ3v) is 5.08. The topological polar surface area (TPSA) is 121 Å². The van der Waals surface area contributed by atoms with Crippen molar-refractivity contribution in [2.45, 2.75) is 18.9 Å². The first-order valence-electron chi connectivity index (χ1n) is 9.65. The van der Waals surface area contributed by atoms with Gasteiger partial charge in [0.1, 0.15) is 17.4 Å². The first-order chi connectivity index (χ1) is 14.5. The zero-order chi connectivity index (χ0) is 21.1. The quantitative estimate of drug-likeness (QED) is 0.490. The van der Waals surface area contributed by atoms with E-state index in [-0.39, 0.29) is 22.9 Å². The molecular formula is C22H21N3O5. The van der Waals surface area contributed by atoms with Crippen molar-refractivity contribution in [1.82, 2.24) is 10.3 Å². The Hall–Kier alpha value is -3.65. The molecule has 0 aliphatic carbocycles. The van der Waals surface area contributed by atoms with E-state index >= 15 is 0 Å². The van der Waals surface area contributed by atoms with Crippen LogP contribution in [0.5, 0.6) is 5.75 Å². The van der Waals surface area contributed by atoms with Crippen LogP contribution in [0.2, 0.25) is 0 Å². The number of anilines is 2. The predicted octanol–water partition coefficient (Wildman–Crippen LogP) is 3.51. The van der Waals surface area contributed by atoms with Gasteiger partial charge in [-0.1, -0.05) is 12.1 Å². The highest BCUT2D eigenvalue weighted by Gasteiger charge is 2.19. The monoisotopic (exact) mass is 407 g/mol. The van der Waals surface area contributed by atoms with Crippen LogP contribution in [-0.4, -0.2) is 46.3 Å². The largest absolute Gasteiger partial charge is 0.490 e. The average Bonchev–Trinajstić information content (AvgIpc) is 2.75. The Morgan fingerprint density at radius 3 is 2.50 bits per heavy atom. The van der Waals surface area contributed by atoms with Crippen molar-refractivity contribution < 1.29 is 24.5 Å². The van der Waals surface area contributed by atoms with Gasteiger partial charge < -0.3 is 25.6 Å². The lowest BCUT2D eigenvalue weighted by Gasteiger charge is -2.24. The van der Waals surface area contributed by atoms with Crippen LogP contribution in [-0.2, 0) is 0 Å². The third kappa shape index (κ3) is 4.04. The number of carbonyl (C=O) groups is 2. The van der Waals surface area contributed by atoms with Gasteiger partial charge in [0.05, 0.1) is 22.5 Å². The number of hydrogen-bond donors (Lipinski definition) is 4. The van der Waals surface area contributed by atoms with Crippen molar-refractivity contribution in [2.24, 2.45) is 0 Å². The van der Waals surface area contributed by atoms with Gasteiger partial charge in [0.25, 0.3) is 0 Å². The maximum absolute atomic E-state index is 11.8. The fourth-order valence-corrected chi connectivity index (χ4v) is 3.56. The number of pyridine rings is 1. The molecule has 0 saturated carbocycles. The molecule has 0 atom stereocenters. The summed E-state index contributed by atoms with van der Waals surface area (Å²) in [5.74, 6) is -1.65. The van der Waals surface area contributed by atoms with Crippen LogP contribution in [0.1, 0.15) is 33.6 Å². The molecular weight excluding hydrogens is 386 g/mol. The first kappa shape index (κ1) is 19.7. The molecule has 0 unspecified atom stereocenters. The van der Waals surface area contributed by atoms with Crippen molar-refractivity contribution in [2.75, 3.05) is 18.4 Å². The van der Waals surface area contributed by atoms with Crippen LogP contribution in [0.15, 0.2) is 48.7 Å². The number of carboxylic acids is 2. The average molecular weight is 407 g/mol. The number of hydrogen-bond acceptors (Lipinski definition) is 6. The number of para-hydroxylation sites is 1. The van der Waals surface area contributed by atoms with E-state index < -0.39 is 11.9 Å². The fraction of sp³-hybridized carbons (Fsp3) is 0.227. The van der Waals surface area contributed by atoms with Gasteiger partial charge in [-0.05, 0) is 56.3 Å². The van der Waals surface area contributed by atoms with E-state index in [1.54, 1.807) is 30.3 Å². The normalized spacial score (nSPS) is 14.4. The van der Waals surface area contributed by atoms with Crippen molar-refractivity contribution in [3.05, 3.63) is 59.8 Å². The third-order valence-electron chi connectivity index (χ3n) is 5.08. The minimum absolute atomic E-state index is 0.0425. The Kier molecular flexibility index (Phi) is 5.49. The maximum Gasteiger partial charge on any atom is 0.339 e. The Morgan fingerprint density at radius 2 is 1.77 bits per heavy atom. The van der Waals surface area contributed by atoms with Gasteiger partial charge in [-0.2, -0.15) is 0 Å². The Morgan fingerprint density at radius 1 is 1.03 bits per heavy atom. The lowest BCUT2D eigenvalue weighted by molar-refractivity contribution is 0.0687. The number of ether oxygens (including phenoxy) is 1. The van der Waals surface area contributed by atoms with Crippen LogP contribution >= 0.6 is 0 Å². The second-order valence-corrected chi connectivity index (χ2v) is 7.07. The number of carboxylic acid groups (broad SMARTS) is 2. The van der Waals surface area contributed by atoms with Gasteiger partial charge in [0.2, 0.25) is 0 Å². The highest BCUT2D eigenvalue weighted by molar-refractivity contribution is 6.07. The van der Waals surface area contributed by atoms with E-state index in [1.807, 2.05) is 6.07 Å². The zero-order valence-corrected chi connectivity index (χ0v) is 16.1. The predicted molar refractivity (Wildman–Crippen MR) is 112 cm³/mol. The fourth-order valence-electron chi connectivity index (χ4n) is 3.56. The molecule has 8 nitrogen and oxygen atoms in total. The number of rotatable bonds is 6. The summed E-state index contributed by atoms with van der Waals surface area (Å²) in [6.07, 6.45) is 3.14. The number of nitrogens with zero attached hydrogens (tertiary/aromatic N) is 1. The zero-order valence-electron chi connectivity index (χ0n) is 16.1. The molecule has 1 aliphatic heterocycles. The van der Waals surface area contributed by atoms with E-state index in [0.717, 1.165) is 25.9 Å². The second-order valence-electron chi connectivity index (χ2n) is 7.07. The van der Waals surface area contributed by atoms with E-state index in [4.69, 9.17) is 4.74 Å². The molecule has 2 aromatic carbocycles. The molecule has 0 radical (unpaired) electrons. The SMILES string of the molecule is O=C(O)c1ccccc1Nc1c(C(=O)O)cnc2ccc(OC3CCNCC3)cc12. The number of benzene rings is 2. The molecule has 3 aromatic rings. The molecule has 1 fully saturated rings. The number of piperidine rings is 1. The van der Waals surface area contributed by atoms with Crippen LogP contribution < -0.4 is 15.4 Å². The van der Waals surface area contributed by atoms with Gasteiger partial charge in [0.15, 0.2) is 0 Å². The molecule has 0 spiro atoms. The van der Waals surface area contributed by atoms with E-state index in [2.05, 4.69) is 15.6 Å². The summed E-state index contributed by atoms with van der Waals surface area (Å²) in [5.41, 5.74) is 1.14. The molecule has 0 bridgehead atoms. The van der Waals surface area contributed by atoms with Gasteiger partial charge in [-0.15, -0.1) is 0 Å². The van der Waals surface area contributed by atoms with E-state index in [0.29, 0.717) is 22.3 Å². The lowest BCUT2D eigenvalue weighted by atomic mass is 10.1. The summed E-state index contributed by atoms with van der Waals surface area (Å²) < 4.78 is 6.09. The molecule has 154 valence electrons. The smallest absolute Gasteiger partial charge is 0.339 e. The van der Waals surface area contributed by atoms with Crippen molar-refractivity contribution in [3.63, 3.8) is 0 Å². The molecule has 2 heterocycles. The number of aromatic carboxylic acids is 2. The van der Waals surface area contributed by atoms with Crippen molar-refractivity contribution >= 4 is 34.2 Å². The first-order valence-corrected chi connectivity index (χ1v) is 9.65. The molecule has 4 rings (SSSR count). The van der Waals surface area contributed by atoms with Crippen molar-refractivity contribution in [3.8, 4) is 5.75 Å². The molecule has 30 heavy (non-hydrogen) atoms. The van der Waals surface area contributed by atoms with Gasteiger partial charge >= 0.3 is 11.9 Å². The number of fused-ring (bicyclic) bond motifs is 1. The standard InChI is InChI=1S/C22H21N3O5/c26-21(27)15-3-1-2-4-19(15)25-20-16-11-14(30-13-7-9-23-10-8-13)5-6-18(16)24-12-17(20)22(28)29/h1-6,11-13,23H,7-10H2,(H,24,25)(H,26,27)(H,28,29). The Bertz CT molecular complexity index is 1110. The van der Waals surface area contributed by atoms with E-state index in [1.165, 1.54) is 12.3 Å². The second kappa shape index (κ2) is 8.38. The highest BCUT2D eigenvalue weighted by atomic mass is 16.5. The number of aromatic nitrogens is 1. The van der Waals surface area contributed by atoms with Gasteiger partial charge in [-0.3, -0.25) is 4.98 Å². The Balaban J connectivity index is 1.79. The molecule has 4 N–H and O–H groups in total. The summed E-state index contributed by atoms with van der Waals surface area (Å²) in [5, 5.41) is 26.0. The maximum atomic E-state index is 11.8.